The van der Waals surface area contributed by atoms with Gasteiger partial charge >= 0.3 is 12.6 Å². The van der Waals surface area contributed by atoms with Crippen LogP contribution in [0.4, 0.5) is 8.78 Å². The number of carbonyl (C=O) groups is 1. The highest BCUT2D eigenvalue weighted by atomic mass is 32.1. The van der Waals surface area contributed by atoms with Crippen LogP contribution in [0.5, 0.6) is 11.5 Å². The van der Waals surface area contributed by atoms with E-state index in [2.05, 4.69) is 23.6 Å². The molecule has 1 aromatic heterocycles. The van der Waals surface area contributed by atoms with Crippen molar-refractivity contribution in [1.29, 1.82) is 0 Å². The number of carbonyl (C=O) groups excluding carboxylic acids is 1. The molecule has 3 aromatic rings. The minimum Gasteiger partial charge on any atom is -0.493 e. The van der Waals surface area contributed by atoms with Gasteiger partial charge < -0.3 is 14.2 Å². The predicted octanol–water partition coefficient (Wildman–Crippen LogP) is 4.53. The number of benzene rings is 2. The number of esters is 1. The molecule has 0 bridgehead atoms. The number of hydrogen-bond acceptors (Lipinski definition) is 7. The maximum atomic E-state index is 13.7. The summed E-state index contributed by atoms with van der Waals surface area (Å²) in [7, 11) is 1.34. The number of allylic oxidation sites excluding steroid dienone is 1. The third-order valence-electron chi connectivity index (χ3n) is 6.14. The second kappa shape index (κ2) is 11.3. The smallest absolute Gasteiger partial charge is 0.387 e. The Bertz CT molecular complexity index is 1560. The lowest BCUT2D eigenvalue weighted by Crippen LogP contribution is -2.39. The molecular weight excluding hydrogens is 514 g/mol. The first-order chi connectivity index (χ1) is 18.1. The van der Waals surface area contributed by atoms with Crippen LogP contribution in [0, 0.1) is 0 Å². The van der Waals surface area contributed by atoms with E-state index in [1.165, 1.54) is 35.1 Å². The maximum absolute atomic E-state index is 13.7. The van der Waals surface area contributed by atoms with Crippen molar-refractivity contribution in [2.24, 2.45) is 4.99 Å². The first-order valence-corrected chi connectivity index (χ1v) is 12.9. The number of rotatable bonds is 8. The molecule has 0 saturated heterocycles. The van der Waals surface area contributed by atoms with Crippen LogP contribution in [0.3, 0.4) is 0 Å². The first kappa shape index (κ1) is 27.3. The fraction of sp³-hybridized carbons (Fsp3) is 0.321. The number of nitrogens with zero attached hydrogens (tertiary/aromatic N) is 2. The van der Waals surface area contributed by atoms with Crippen molar-refractivity contribution in [3.8, 4) is 11.5 Å². The number of methoxy groups -OCH3 is 1. The molecule has 0 aliphatic carbocycles. The molecule has 0 fully saturated rings. The van der Waals surface area contributed by atoms with Gasteiger partial charge in [-0.2, -0.15) is 8.78 Å². The van der Waals surface area contributed by atoms with Crippen LogP contribution >= 0.6 is 11.3 Å². The van der Waals surface area contributed by atoms with E-state index in [0.717, 1.165) is 11.1 Å². The van der Waals surface area contributed by atoms with Crippen molar-refractivity contribution in [3.63, 3.8) is 0 Å². The van der Waals surface area contributed by atoms with Gasteiger partial charge in [0.2, 0.25) is 0 Å². The summed E-state index contributed by atoms with van der Waals surface area (Å²) < 4.78 is 42.3. The third-order valence-corrected chi connectivity index (χ3v) is 7.12. The van der Waals surface area contributed by atoms with E-state index >= 15 is 0 Å². The van der Waals surface area contributed by atoms with Crippen molar-refractivity contribution in [3.05, 3.63) is 90.1 Å². The van der Waals surface area contributed by atoms with Crippen molar-refractivity contribution >= 4 is 23.4 Å². The van der Waals surface area contributed by atoms with Crippen LogP contribution in [-0.2, 0) is 9.53 Å². The highest BCUT2D eigenvalue weighted by molar-refractivity contribution is 7.07. The average Bonchev–Trinajstić information content (AvgIpc) is 3.18. The molecule has 0 saturated carbocycles. The van der Waals surface area contributed by atoms with E-state index in [1.54, 1.807) is 26.0 Å². The fourth-order valence-corrected chi connectivity index (χ4v) is 5.34. The minimum atomic E-state index is -3.00. The van der Waals surface area contributed by atoms with Crippen LogP contribution in [0.15, 0.2) is 63.5 Å². The van der Waals surface area contributed by atoms with Gasteiger partial charge in [-0.05, 0) is 54.7 Å². The zero-order valence-electron chi connectivity index (χ0n) is 21.7. The summed E-state index contributed by atoms with van der Waals surface area (Å²) in [5.74, 6) is -0.210. The van der Waals surface area contributed by atoms with Gasteiger partial charge in [-0.25, -0.2) is 9.79 Å². The number of aromatic nitrogens is 1. The highest BCUT2D eigenvalue weighted by Gasteiger charge is 2.33. The summed E-state index contributed by atoms with van der Waals surface area (Å²) in [6, 6.07) is 11.5. The van der Waals surface area contributed by atoms with Gasteiger partial charge in [0.25, 0.3) is 5.56 Å². The van der Waals surface area contributed by atoms with E-state index in [1.807, 2.05) is 24.3 Å². The molecule has 0 radical (unpaired) electrons. The molecule has 4 rings (SSSR count). The van der Waals surface area contributed by atoms with Crippen molar-refractivity contribution in [1.82, 2.24) is 4.57 Å². The molecule has 0 spiro atoms. The summed E-state index contributed by atoms with van der Waals surface area (Å²) in [4.78, 5) is 31.8. The van der Waals surface area contributed by atoms with Gasteiger partial charge in [-0.3, -0.25) is 9.36 Å². The molecular formula is C28H28F2N2O5S. The Morgan fingerprint density at radius 2 is 1.87 bits per heavy atom. The third kappa shape index (κ3) is 5.40. The molecule has 1 aliphatic heterocycles. The van der Waals surface area contributed by atoms with E-state index in [9.17, 15) is 18.4 Å². The van der Waals surface area contributed by atoms with Gasteiger partial charge in [0, 0.05) is 0 Å². The number of alkyl halides is 2. The Balaban J connectivity index is 1.87. The highest BCUT2D eigenvalue weighted by Crippen LogP contribution is 2.32. The number of ether oxygens (including phenoxy) is 3. The number of hydrogen-bond donors (Lipinski definition) is 0. The van der Waals surface area contributed by atoms with Crippen LogP contribution in [-0.4, -0.2) is 30.9 Å². The quantitative estimate of drug-likeness (QED) is 0.391. The summed E-state index contributed by atoms with van der Waals surface area (Å²) in [6.07, 6.45) is 1.63. The normalized spacial score (nSPS) is 15.5. The Labute approximate surface area is 222 Å². The monoisotopic (exact) mass is 542 g/mol. The molecule has 38 heavy (non-hydrogen) atoms. The molecule has 200 valence electrons. The molecule has 0 amide bonds. The number of halogens is 2. The molecule has 2 aromatic carbocycles. The number of thiazole rings is 1. The van der Waals surface area contributed by atoms with Gasteiger partial charge in [0.1, 0.15) is 0 Å². The van der Waals surface area contributed by atoms with Gasteiger partial charge in [0.05, 0.1) is 35.6 Å². The molecule has 1 unspecified atom stereocenters. The molecule has 0 N–H and O–H groups in total. The van der Waals surface area contributed by atoms with E-state index in [0.29, 0.717) is 32.1 Å². The van der Waals surface area contributed by atoms with E-state index < -0.39 is 18.6 Å². The van der Waals surface area contributed by atoms with Crippen LogP contribution < -0.4 is 24.4 Å². The van der Waals surface area contributed by atoms with Gasteiger partial charge in [-0.15, -0.1) is 0 Å². The summed E-state index contributed by atoms with van der Waals surface area (Å²) in [5, 5.41) is 0. The van der Waals surface area contributed by atoms with Crippen LogP contribution in [0.2, 0.25) is 0 Å². The van der Waals surface area contributed by atoms with Crippen molar-refractivity contribution in [2.75, 3.05) is 13.7 Å². The van der Waals surface area contributed by atoms with E-state index in [-0.39, 0.29) is 23.7 Å². The standard InChI is InChI=1S/C28H28F2N2O5S/c1-6-36-26(34)23-16(4)31-28-32(24(23)19-10-8-18(9-11-19)15(2)3)25(33)22(38-28)14-17-7-12-20(37-27(29)30)21(13-17)35-5/h7-15,24,27H,6H2,1-5H3. The summed E-state index contributed by atoms with van der Waals surface area (Å²) in [6.45, 7) is 4.82. The molecule has 2 heterocycles. The number of fused-ring (bicyclic) bond motifs is 1. The van der Waals surface area contributed by atoms with Crippen molar-refractivity contribution in [2.45, 2.75) is 46.3 Å². The van der Waals surface area contributed by atoms with Crippen molar-refractivity contribution < 1.29 is 27.8 Å². The summed E-state index contributed by atoms with van der Waals surface area (Å²) in [5.41, 5.74) is 2.88. The Morgan fingerprint density at radius 1 is 1.16 bits per heavy atom. The van der Waals surface area contributed by atoms with Crippen LogP contribution in [0.25, 0.3) is 6.08 Å². The Morgan fingerprint density at radius 3 is 2.47 bits per heavy atom. The zero-order chi connectivity index (χ0) is 27.6. The lowest BCUT2D eigenvalue weighted by atomic mass is 9.93. The van der Waals surface area contributed by atoms with Crippen LogP contribution in [0.1, 0.15) is 56.3 Å². The lowest BCUT2D eigenvalue weighted by Gasteiger charge is -2.25. The predicted molar refractivity (Wildman–Crippen MR) is 141 cm³/mol. The minimum absolute atomic E-state index is 0.107. The molecule has 10 heteroatoms. The summed E-state index contributed by atoms with van der Waals surface area (Å²) >= 11 is 1.17. The Hall–Kier alpha value is -3.79. The fourth-order valence-electron chi connectivity index (χ4n) is 4.29. The van der Waals surface area contributed by atoms with Gasteiger partial charge in [0.15, 0.2) is 16.3 Å². The first-order valence-electron chi connectivity index (χ1n) is 12.1. The lowest BCUT2D eigenvalue weighted by molar-refractivity contribution is -0.139. The largest absolute Gasteiger partial charge is 0.493 e. The maximum Gasteiger partial charge on any atom is 0.387 e. The topological polar surface area (TPSA) is 79.1 Å². The molecule has 7 nitrogen and oxygen atoms in total. The second-order valence-electron chi connectivity index (χ2n) is 8.91. The SMILES string of the molecule is CCOC(=O)C1=C(C)N=c2sc(=Cc3ccc(OC(F)F)c(OC)c3)c(=O)n2C1c1ccc(C(C)C)cc1. The average molecular weight is 543 g/mol. The Kier molecular flexibility index (Phi) is 8.11. The second-order valence-corrected chi connectivity index (χ2v) is 9.92. The van der Waals surface area contributed by atoms with Gasteiger partial charge in [-0.1, -0.05) is 55.5 Å². The zero-order valence-corrected chi connectivity index (χ0v) is 22.5. The molecule has 1 aliphatic rings. The molecule has 1 atom stereocenters. The van der Waals surface area contributed by atoms with E-state index in [4.69, 9.17) is 9.47 Å².